The highest BCUT2D eigenvalue weighted by Crippen LogP contribution is 2.17. The van der Waals surface area contributed by atoms with E-state index >= 15 is 0 Å². The lowest BCUT2D eigenvalue weighted by Crippen LogP contribution is -2.27. The second-order valence-electron chi connectivity index (χ2n) is 5.89. The molecule has 132 valence electrons. The molecule has 4 nitrogen and oxygen atoms in total. The second-order valence-corrected chi connectivity index (χ2v) is 5.89. The summed E-state index contributed by atoms with van der Waals surface area (Å²) < 4.78 is 18.6. The van der Waals surface area contributed by atoms with E-state index in [0.29, 0.717) is 17.9 Å². The van der Waals surface area contributed by atoms with Crippen molar-refractivity contribution in [3.8, 4) is 5.75 Å². The summed E-state index contributed by atoms with van der Waals surface area (Å²) >= 11 is 0. The lowest BCUT2D eigenvalue weighted by Gasteiger charge is -2.14. The Kier molecular flexibility index (Phi) is 5.59. The number of ether oxygens (including phenoxy) is 1. The molecule has 26 heavy (non-hydrogen) atoms. The van der Waals surface area contributed by atoms with Gasteiger partial charge < -0.3 is 10.1 Å². The van der Waals surface area contributed by atoms with Crippen LogP contribution in [0.1, 0.15) is 34.6 Å². The maximum Gasteiger partial charge on any atom is 0.251 e. The van der Waals surface area contributed by atoms with Gasteiger partial charge in [-0.2, -0.15) is 0 Å². The molecule has 0 unspecified atom stereocenters. The van der Waals surface area contributed by atoms with Crippen molar-refractivity contribution >= 4 is 5.91 Å². The third-order valence-corrected chi connectivity index (χ3v) is 3.89. The largest absolute Gasteiger partial charge is 0.489 e. The van der Waals surface area contributed by atoms with Gasteiger partial charge in [0.1, 0.15) is 18.2 Å². The van der Waals surface area contributed by atoms with E-state index in [2.05, 4.69) is 10.3 Å². The molecule has 1 heterocycles. The Labute approximate surface area is 151 Å². The SMILES string of the molecule is C[C@H](NC(=O)c1cccc(OCc2ccc(F)cc2)c1)c1ccccn1. The Morgan fingerprint density at radius 2 is 1.92 bits per heavy atom. The Morgan fingerprint density at radius 1 is 1.12 bits per heavy atom. The van der Waals surface area contributed by atoms with E-state index in [1.54, 1.807) is 42.6 Å². The number of halogens is 1. The third-order valence-electron chi connectivity index (χ3n) is 3.89. The van der Waals surface area contributed by atoms with Crippen molar-refractivity contribution in [2.24, 2.45) is 0 Å². The van der Waals surface area contributed by atoms with Crippen molar-refractivity contribution in [3.63, 3.8) is 0 Å². The number of carbonyl (C=O) groups is 1. The summed E-state index contributed by atoms with van der Waals surface area (Å²) in [5, 5.41) is 2.92. The predicted octanol–water partition coefficient (Wildman–Crippen LogP) is 4.29. The highest BCUT2D eigenvalue weighted by molar-refractivity contribution is 5.94. The number of rotatable bonds is 6. The lowest BCUT2D eigenvalue weighted by atomic mass is 10.1. The Hall–Kier alpha value is -3.21. The van der Waals surface area contributed by atoms with Crippen LogP contribution in [0.2, 0.25) is 0 Å². The second kappa shape index (κ2) is 8.25. The number of amides is 1. The molecule has 1 N–H and O–H groups in total. The number of nitrogens with zero attached hydrogens (tertiary/aromatic N) is 1. The van der Waals surface area contributed by atoms with E-state index in [1.807, 2.05) is 25.1 Å². The smallest absolute Gasteiger partial charge is 0.251 e. The molecular weight excluding hydrogens is 331 g/mol. The van der Waals surface area contributed by atoms with Gasteiger partial charge in [-0.15, -0.1) is 0 Å². The van der Waals surface area contributed by atoms with Gasteiger partial charge in [0.2, 0.25) is 0 Å². The topological polar surface area (TPSA) is 51.2 Å². The zero-order chi connectivity index (χ0) is 18.4. The van der Waals surface area contributed by atoms with Gasteiger partial charge in [-0.05, 0) is 55.0 Å². The molecule has 1 amide bonds. The molecule has 0 aliphatic heterocycles. The van der Waals surface area contributed by atoms with Crippen molar-refractivity contribution in [1.29, 1.82) is 0 Å². The first-order chi connectivity index (χ1) is 12.6. The lowest BCUT2D eigenvalue weighted by molar-refractivity contribution is 0.0938. The van der Waals surface area contributed by atoms with Crippen LogP contribution in [-0.4, -0.2) is 10.9 Å². The first-order valence-electron chi connectivity index (χ1n) is 8.31. The summed E-state index contributed by atoms with van der Waals surface area (Å²) in [6.45, 7) is 2.19. The summed E-state index contributed by atoms with van der Waals surface area (Å²) in [5.74, 6) is 0.0947. The van der Waals surface area contributed by atoms with Crippen LogP contribution >= 0.6 is 0 Å². The number of aromatic nitrogens is 1. The molecule has 0 saturated heterocycles. The van der Waals surface area contributed by atoms with Crippen LogP contribution in [0.5, 0.6) is 5.75 Å². The normalized spacial score (nSPS) is 11.6. The standard InChI is InChI=1S/C21H19FN2O2/c1-15(20-7-2-3-12-23-20)24-21(25)17-5-4-6-19(13-17)26-14-16-8-10-18(22)11-9-16/h2-13,15H,14H2,1H3,(H,24,25)/t15-/m0/s1. The number of carbonyl (C=O) groups excluding carboxylic acids is 1. The molecule has 3 aromatic rings. The number of nitrogens with one attached hydrogen (secondary N) is 1. The zero-order valence-electron chi connectivity index (χ0n) is 14.4. The summed E-state index contributed by atoms with van der Waals surface area (Å²) in [6.07, 6.45) is 1.70. The fraction of sp³-hybridized carbons (Fsp3) is 0.143. The van der Waals surface area contributed by atoms with E-state index in [-0.39, 0.29) is 17.8 Å². The van der Waals surface area contributed by atoms with Crippen LogP contribution < -0.4 is 10.1 Å². The van der Waals surface area contributed by atoms with Crippen LogP contribution in [0.15, 0.2) is 72.9 Å². The molecule has 0 radical (unpaired) electrons. The summed E-state index contributed by atoms with van der Waals surface area (Å²) in [6, 6.07) is 18.5. The average Bonchev–Trinajstić information content (AvgIpc) is 2.68. The minimum atomic E-state index is -0.283. The van der Waals surface area contributed by atoms with Crippen LogP contribution in [0.3, 0.4) is 0 Å². The molecule has 0 aliphatic carbocycles. The summed E-state index contributed by atoms with van der Waals surface area (Å²) in [5.41, 5.74) is 2.15. The van der Waals surface area contributed by atoms with Crippen molar-refractivity contribution in [2.75, 3.05) is 0 Å². The number of hydrogen-bond acceptors (Lipinski definition) is 3. The highest BCUT2D eigenvalue weighted by Gasteiger charge is 2.12. The fourth-order valence-electron chi connectivity index (χ4n) is 2.46. The first kappa shape index (κ1) is 17.6. The molecular formula is C21H19FN2O2. The van der Waals surface area contributed by atoms with Gasteiger partial charge in [-0.3, -0.25) is 9.78 Å². The molecule has 2 aromatic carbocycles. The summed E-state index contributed by atoms with van der Waals surface area (Å²) in [7, 11) is 0. The number of benzene rings is 2. The van der Waals surface area contributed by atoms with E-state index in [1.165, 1.54) is 12.1 Å². The molecule has 0 spiro atoms. The number of pyridine rings is 1. The monoisotopic (exact) mass is 350 g/mol. The Morgan fingerprint density at radius 3 is 2.65 bits per heavy atom. The van der Waals surface area contributed by atoms with Crippen LogP contribution in [0, 0.1) is 5.82 Å². The van der Waals surface area contributed by atoms with Crippen LogP contribution in [0.4, 0.5) is 4.39 Å². The minimum absolute atomic E-state index is 0.199. The van der Waals surface area contributed by atoms with E-state index in [4.69, 9.17) is 4.74 Å². The molecule has 3 rings (SSSR count). The maximum absolute atomic E-state index is 12.9. The summed E-state index contributed by atoms with van der Waals surface area (Å²) in [4.78, 5) is 16.7. The highest BCUT2D eigenvalue weighted by atomic mass is 19.1. The van der Waals surface area contributed by atoms with Crippen molar-refractivity contribution in [2.45, 2.75) is 19.6 Å². The molecule has 0 aliphatic rings. The van der Waals surface area contributed by atoms with Crippen molar-refractivity contribution in [3.05, 3.63) is 95.6 Å². The fourth-order valence-corrected chi connectivity index (χ4v) is 2.46. The Bertz CT molecular complexity index is 867. The third kappa shape index (κ3) is 4.66. The van der Waals surface area contributed by atoms with Crippen LogP contribution in [0.25, 0.3) is 0 Å². The first-order valence-corrected chi connectivity index (χ1v) is 8.31. The van der Waals surface area contributed by atoms with Gasteiger partial charge in [0.25, 0.3) is 5.91 Å². The van der Waals surface area contributed by atoms with E-state index in [0.717, 1.165) is 11.3 Å². The van der Waals surface area contributed by atoms with Gasteiger partial charge in [0, 0.05) is 11.8 Å². The minimum Gasteiger partial charge on any atom is -0.489 e. The zero-order valence-corrected chi connectivity index (χ0v) is 14.4. The average molecular weight is 350 g/mol. The van der Waals surface area contributed by atoms with Gasteiger partial charge in [-0.25, -0.2) is 4.39 Å². The molecule has 0 bridgehead atoms. The number of hydrogen-bond donors (Lipinski definition) is 1. The molecule has 5 heteroatoms. The quantitative estimate of drug-likeness (QED) is 0.721. The van der Waals surface area contributed by atoms with Gasteiger partial charge in [0.05, 0.1) is 11.7 Å². The maximum atomic E-state index is 12.9. The molecule has 1 atom stereocenters. The van der Waals surface area contributed by atoms with Crippen molar-refractivity contribution < 1.29 is 13.9 Å². The molecule has 1 aromatic heterocycles. The van der Waals surface area contributed by atoms with E-state index in [9.17, 15) is 9.18 Å². The van der Waals surface area contributed by atoms with Crippen LogP contribution in [-0.2, 0) is 6.61 Å². The molecule has 0 fully saturated rings. The van der Waals surface area contributed by atoms with Gasteiger partial charge in [-0.1, -0.05) is 24.3 Å². The van der Waals surface area contributed by atoms with Gasteiger partial charge >= 0.3 is 0 Å². The predicted molar refractivity (Wildman–Crippen MR) is 97.3 cm³/mol. The van der Waals surface area contributed by atoms with Gasteiger partial charge in [0.15, 0.2) is 0 Å². The Balaban J connectivity index is 1.62. The van der Waals surface area contributed by atoms with E-state index < -0.39 is 0 Å². The van der Waals surface area contributed by atoms with Crippen molar-refractivity contribution in [1.82, 2.24) is 10.3 Å². The molecule has 0 saturated carbocycles.